The van der Waals surface area contributed by atoms with Gasteiger partial charge in [-0.2, -0.15) is 0 Å². The van der Waals surface area contributed by atoms with E-state index in [0.717, 1.165) is 16.7 Å². The summed E-state index contributed by atoms with van der Waals surface area (Å²) in [6, 6.07) is 11.1. The first-order chi connectivity index (χ1) is 15.5. The fourth-order valence-corrected chi connectivity index (χ4v) is 4.65. The maximum Gasteiger partial charge on any atom is 0.232 e. The highest BCUT2D eigenvalue weighted by Crippen LogP contribution is 2.30. The van der Waals surface area contributed by atoms with Crippen molar-refractivity contribution in [1.82, 2.24) is 5.32 Å². The van der Waals surface area contributed by atoms with E-state index < -0.39 is 10.0 Å². The van der Waals surface area contributed by atoms with Crippen LogP contribution in [0.3, 0.4) is 0 Å². The van der Waals surface area contributed by atoms with Crippen LogP contribution in [0.2, 0.25) is 0 Å². The van der Waals surface area contributed by atoms with Crippen molar-refractivity contribution in [3.05, 3.63) is 53.1 Å². The third kappa shape index (κ3) is 7.96. The molecule has 0 aliphatic rings. The number of benzene rings is 2. The summed E-state index contributed by atoms with van der Waals surface area (Å²) < 4.78 is 37.3. The zero-order chi connectivity index (χ0) is 24.6. The molecule has 2 aromatic carbocycles. The first kappa shape index (κ1) is 26.5. The number of nitrogens with zero attached hydrogens (tertiary/aromatic N) is 1. The Kier molecular flexibility index (Phi) is 9.58. The number of carbonyl (C=O) groups excluding carboxylic acids is 1. The SMILES string of the molecule is CCOc1ccc([C@H](C)NC(=O)CCCN(c2cc(C)cc(C)c2)S(C)(=O)=O)cc1OCC. The van der Waals surface area contributed by atoms with E-state index in [1.54, 1.807) is 0 Å². The van der Waals surface area contributed by atoms with Crippen molar-refractivity contribution in [3.63, 3.8) is 0 Å². The molecule has 2 aromatic rings. The maximum atomic E-state index is 12.5. The number of rotatable bonds is 12. The molecule has 182 valence electrons. The first-order valence-electron chi connectivity index (χ1n) is 11.3. The van der Waals surface area contributed by atoms with Crippen molar-refractivity contribution < 1.29 is 22.7 Å². The maximum absolute atomic E-state index is 12.5. The van der Waals surface area contributed by atoms with Crippen LogP contribution in [0.4, 0.5) is 5.69 Å². The van der Waals surface area contributed by atoms with E-state index >= 15 is 0 Å². The Bertz CT molecular complexity index is 1030. The fraction of sp³-hybridized carbons (Fsp3) is 0.480. The molecule has 0 aromatic heterocycles. The van der Waals surface area contributed by atoms with Crippen molar-refractivity contribution in [1.29, 1.82) is 0 Å². The summed E-state index contributed by atoms with van der Waals surface area (Å²) in [5.74, 6) is 1.19. The monoisotopic (exact) mass is 476 g/mol. The van der Waals surface area contributed by atoms with Gasteiger partial charge < -0.3 is 14.8 Å². The van der Waals surface area contributed by atoms with E-state index in [2.05, 4.69) is 5.32 Å². The summed E-state index contributed by atoms with van der Waals surface area (Å²) >= 11 is 0. The van der Waals surface area contributed by atoms with Crippen LogP contribution in [0.5, 0.6) is 11.5 Å². The Labute approximate surface area is 198 Å². The van der Waals surface area contributed by atoms with Gasteiger partial charge in [0.05, 0.1) is 31.2 Å². The average Bonchev–Trinajstić information content (AvgIpc) is 2.71. The second-order valence-electron chi connectivity index (χ2n) is 8.15. The molecule has 0 radical (unpaired) electrons. The van der Waals surface area contributed by atoms with Crippen molar-refractivity contribution in [2.24, 2.45) is 0 Å². The van der Waals surface area contributed by atoms with Crippen LogP contribution in [0.25, 0.3) is 0 Å². The lowest BCUT2D eigenvalue weighted by Crippen LogP contribution is -2.32. The van der Waals surface area contributed by atoms with Gasteiger partial charge in [0.15, 0.2) is 11.5 Å². The number of amides is 1. The molecule has 8 heteroatoms. The highest BCUT2D eigenvalue weighted by atomic mass is 32.2. The van der Waals surface area contributed by atoms with Gasteiger partial charge in [-0.15, -0.1) is 0 Å². The molecular weight excluding hydrogens is 440 g/mol. The second-order valence-corrected chi connectivity index (χ2v) is 10.1. The summed E-state index contributed by atoms with van der Waals surface area (Å²) in [6.07, 6.45) is 1.82. The molecule has 1 atom stereocenters. The molecule has 33 heavy (non-hydrogen) atoms. The van der Waals surface area contributed by atoms with E-state index in [1.165, 1.54) is 10.6 Å². The molecule has 1 N–H and O–H groups in total. The van der Waals surface area contributed by atoms with Gasteiger partial charge in [0.2, 0.25) is 15.9 Å². The molecule has 0 heterocycles. The van der Waals surface area contributed by atoms with Crippen molar-refractivity contribution >= 4 is 21.6 Å². The number of hydrogen-bond donors (Lipinski definition) is 1. The van der Waals surface area contributed by atoms with Gasteiger partial charge >= 0.3 is 0 Å². The van der Waals surface area contributed by atoms with Crippen LogP contribution in [-0.4, -0.2) is 40.3 Å². The fourth-order valence-electron chi connectivity index (χ4n) is 3.70. The molecule has 1 amide bonds. The van der Waals surface area contributed by atoms with E-state index in [4.69, 9.17) is 9.47 Å². The van der Waals surface area contributed by atoms with Crippen LogP contribution < -0.4 is 19.1 Å². The topological polar surface area (TPSA) is 84.9 Å². The number of sulfonamides is 1. The molecule has 0 aliphatic carbocycles. The van der Waals surface area contributed by atoms with Gasteiger partial charge in [0.25, 0.3) is 0 Å². The van der Waals surface area contributed by atoms with Crippen LogP contribution in [0, 0.1) is 13.8 Å². The van der Waals surface area contributed by atoms with E-state index in [9.17, 15) is 13.2 Å². The average molecular weight is 477 g/mol. The van der Waals surface area contributed by atoms with E-state index in [1.807, 2.05) is 71.0 Å². The molecule has 0 unspecified atom stereocenters. The molecule has 0 aliphatic heterocycles. The number of ether oxygens (including phenoxy) is 2. The second kappa shape index (κ2) is 11.9. The standard InChI is InChI=1S/C25H36N2O5S/c1-7-31-23-12-11-21(17-24(23)32-8-2)20(5)26-25(28)10-9-13-27(33(6,29)30)22-15-18(3)14-19(4)16-22/h11-12,14-17,20H,7-10,13H2,1-6H3,(H,26,28)/t20-/m0/s1. The van der Waals surface area contributed by atoms with Gasteiger partial charge in [0.1, 0.15) is 0 Å². The number of anilines is 1. The molecule has 2 rings (SSSR count). The third-order valence-electron chi connectivity index (χ3n) is 5.10. The normalized spacial score (nSPS) is 12.2. The van der Waals surface area contributed by atoms with Crippen molar-refractivity contribution in [2.45, 2.75) is 53.5 Å². The van der Waals surface area contributed by atoms with Crippen LogP contribution >= 0.6 is 0 Å². The Morgan fingerprint density at radius 3 is 2.18 bits per heavy atom. The zero-order valence-electron chi connectivity index (χ0n) is 20.5. The predicted molar refractivity (Wildman–Crippen MR) is 133 cm³/mol. The smallest absolute Gasteiger partial charge is 0.232 e. The van der Waals surface area contributed by atoms with Gasteiger partial charge in [-0.1, -0.05) is 12.1 Å². The molecule has 7 nitrogen and oxygen atoms in total. The molecule has 0 spiro atoms. The minimum Gasteiger partial charge on any atom is -0.490 e. The minimum atomic E-state index is -3.46. The van der Waals surface area contributed by atoms with Crippen LogP contribution in [0.15, 0.2) is 36.4 Å². The molecule has 0 saturated heterocycles. The van der Waals surface area contributed by atoms with Crippen LogP contribution in [0.1, 0.15) is 56.3 Å². The summed E-state index contributed by atoms with van der Waals surface area (Å²) in [5.41, 5.74) is 3.52. The van der Waals surface area contributed by atoms with Gasteiger partial charge in [0, 0.05) is 13.0 Å². The summed E-state index contributed by atoms with van der Waals surface area (Å²) in [5, 5.41) is 2.98. The Hall–Kier alpha value is -2.74. The highest BCUT2D eigenvalue weighted by Gasteiger charge is 2.19. The lowest BCUT2D eigenvalue weighted by molar-refractivity contribution is -0.121. The lowest BCUT2D eigenvalue weighted by atomic mass is 10.1. The Morgan fingerprint density at radius 2 is 1.61 bits per heavy atom. The summed E-state index contributed by atoms with van der Waals surface area (Å²) in [6.45, 7) is 10.9. The van der Waals surface area contributed by atoms with Gasteiger partial charge in [-0.25, -0.2) is 8.42 Å². The van der Waals surface area contributed by atoms with Crippen molar-refractivity contribution in [3.8, 4) is 11.5 Å². The number of carbonyl (C=O) groups is 1. The van der Waals surface area contributed by atoms with E-state index in [-0.39, 0.29) is 24.9 Å². The number of hydrogen-bond acceptors (Lipinski definition) is 5. The lowest BCUT2D eigenvalue weighted by Gasteiger charge is -2.23. The predicted octanol–water partition coefficient (Wildman–Crippen LogP) is 4.52. The van der Waals surface area contributed by atoms with Crippen LogP contribution in [-0.2, 0) is 14.8 Å². The quantitative estimate of drug-likeness (QED) is 0.487. The third-order valence-corrected chi connectivity index (χ3v) is 6.30. The minimum absolute atomic E-state index is 0.136. The first-order valence-corrected chi connectivity index (χ1v) is 13.1. The molecule has 0 fully saturated rings. The van der Waals surface area contributed by atoms with Gasteiger partial charge in [-0.3, -0.25) is 9.10 Å². The molecule has 0 bridgehead atoms. The number of nitrogens with one attached hydrogen (secondary N) is 1. The summed E-state index contributed by atoms with van der Waals surface area (Å²) in [4.78, 5) is 12.5. The zero-order valence-corrected chi connectivity index (χ0v) is 21.3. The Balaban J connectivity index is 2.00. The number of aryl methyl sites for hydroxylation is 2. The highest BCUT2D eigenvalue weighted by molar-refractivity contribution is 7.92. The Morgan fingerprint density at radius 1 is 1.00 bits per heavy atom. The molecular formula is C25H36N2O5S. The molecule has 0 saturated carbocycles. The van der Waals surface area contributed by atoms with E-state index in [0.29, 0.717) is 36.8 Å². The largest absolute Gasteiger partial charge is 0.490 e. The van der Waals surface area contributed by atoms with Gasteiger partial charge in [-0.05, 0) is 82.0 Å². The summed E-state index contributed by atoms with van der Waals surface area (Å²) in [7, 11) is -3.46. The van der Waals surface area contributed by atoms with Crippen molar-refractivity contribution in [2.75, 3.05) is 30.3 Å².